The van der Waals surface area contributed by atoms with Crippen LogP contribution in [0, 0.1) is 12.8 Å². The number of fused-ring (bicyclic) bond motifs is 1. The number of para-hydroxylation sites is 1. The molecular formula is C32H48Cl4N4O. The van der Waals surface area contributed by atoms with Crippen molar-refractivity contribution in [2.24, 2.45) is 5.92 Å². The molecule has 2 atom stereocenters. The molecule has 5 rings (SSSR count). The molecule has 2 aliphatic rings. The predicted molar refractivity (Wildman–Crippen MR) is 180 cm³/mol. The van der Waals surface area contributed by atoms with Gasteiger partial charge in [-0.2, -0.15) is 0 Å². The van der Waals surface area contributed by atoms with Crippen LogP contribution >= 0.6 is 48.8 Å². The Hall–Kier alpha value is -1.21. The van der Waals surface area contributed by atoms with E-state index in [9.17, 15) is 0 Å². The molecule has 9 heteroatoms. The van der Waals surface area contributed by atoms with E-state index in [1.807, 2.05) is 24.3 Å². The molecule has 0 spiro atoms. The van der Waals surface area contributed by atoms with E-state index in [4.69, 9.17) is 21.3 Å². The Morgan fingerprint density at radius 2 is 1.66 bits per heavy atom. The zero-order chi connectivity index (χ0) is 26.3. The number of piperidine rings is 2. The molecule has 2 aromatic carbocycles. The number of benzene rings is 2. The van der Waals surface area contributed by atoms with E-state index in [1.165, 1.54) is 88.7 Å². The summed E-state index contributed by atoms with van der Waals surface area (Å²) in [5.41, 5.74) is 3.51. The molecular weight excluding hydrogens is 598 g/mol. The highest BCUT2D eigenvalue weighted by molar-refractivity contribution is 6.30. The summed E-state index contributed by atoms with van der Waals surface area (Å²) in [6, 6.07) is 14.8. The number of imidazole rings is 1. The van der Waals surface area contributed by atoms with Gasteiger partial charge in [0.1, 0.15) is 18.2 Å². The molecule has 0 bridgehead atoms. The molecule has 0 radical (unpaired) electrons. The molecule has 1 aromatic heterocycles. The fraction of sp³-hybridized carbons (Fsp3) is 0.594. The van der Waals surface area contributed by atoms with Crippen molar-refractivity contribution in [2.45, 2.75) is 84.4 Å². The number of rotatable bonds is 11. The third kappa shape index (κ3) is 9.91. The Morgan fingerprint density at radius 3 is 2.41 bits per heavy atom. The molecule has 2 aliphatic heterocycles. The molecule has 3 aromatic rings. The SMILES string of the molecule is Cc1cccc2c1nc(COc1ccc(Cl)cc1)n2CC[C@@H](C)CN1CCCCC1CCN1CCCCC1.Cl.Cl.Cl. The second-order valence-electron chi connectivity index (χ2n) is 11.6. The van der Waals surface area contributed by atoms with Crippen molar-refractivity contribution in [2.75, 3.05) is 32.7 Å². The first-order chi connectivity index (χ1) is 18.6. The Labute approximate surface area is 270 Å². The maximum Gasteiger partial charge on any atom is 0.148 e. The van der Waals surface area contributed by atoms with Crippen LogP contribution in [0.1, 0.15) is 69.7 Å². The van der Waals surface area contributed by atoms with Gasteiger partial charge in [0.15, 0.2) is 0 Å². The van der Waals surface area contributed by atoms with Crippen molar-refractivity contribution in [1.29, 1.82) is 0 Å². The van der Waals surface area contributed by atoms with Gasteiger partial charge in [-0.3, -0.25) is 0 Å². The summed E-state index contributed by atoms with van der Waals surface area (Å²) in [6.07, 6.45) is 10.8. The number of aromatic nitrogens is 2. The fourth-order valence-electron chi connectivity index (χ4n) is 6.36. The summed E-state index contributed by atoms with van der Waals surface area (Å²) < 4.78 is 8.51. The summed E-state index contributed by atoms with van der Waals surface area (Å²) in [4.78, 5) is 10.5. The monoisotopic (exact) mass is 644 g/mol. The summed E-state index contributed by atoms with van der Waals surface area (Å²) in [7, 11) is 0. The highest BCUT2D eigenvalue weighted by Gasteiger charge is 2.25. The van der Waals surface area contributed by atoms with Crippen LogP contribution in [-0.2, 0) is 13.2 Å². The zero-order valence-corrected chi connectivity index (χ0v) is 27.8. The molecule has 2 fully saturated rings. The number of hydrogen-bond donors (Lipinski definition) is 0. The number of likely N-dealkylation sites (tertiary alicyclic amines) is 2. The van der Waals surface area contributed by atoms with Crippen molar-refractivity contribution >= 4 is 59.9 Å². The molecule has 230 valence electrons. The minimum Gasteiger partial charge on any atom is -0.486 e. The molecule has 0 amide bonds. The highest BCUT2D eigenvalue weighted by atomic mass is 35.5. The smallest absolute Gasteiger partial charge is 0.148 e. The van der Waals surface area contributed by atoms with Crippen LogP contribution in [0.5, 0.6) is 5.75 Å². The molecule has 0 N–H and O–H groups in total. The van der Waals surface area contributed by atoms with E-state index >= 15 is 0 Å². The van der Waals surface area contributed by atoms with E-state index in [0.29, 0.717) is 12.5 Å². The largest absolute Gasteiger partial charge is 0.486 e. The maximum absolute atomic E-state index is 6.12. The Bertz CT molecular complexity index is 1170. The van der Waals surface area contributed by atoms with Gasteiger partial charge >= 0.3 is 0 Å². The first-order valence-corrected chi connectivity index (χ1v) is 15.2. The number of ether oxygens (including phenoxy) is 1. The van der Waals surface area contributed by atoms with Gasteiger partial charge in [-0.1, -0.05) is 43.5 Å². The lowest BCUT2D eigenvalue weighted by molar-refractivity contribution is 0.103. The molecule has 3 heterocycles. The first kappa shape index (κ1) is 36.0. The first-order valence-electron chi connectivity index (χ1n) is 14.9. The molecule has 0 aliphatic carbocycles. The standard InChI is InChI=1S/C32H45ClN4O.3ClH/c1-25(23-36-20-7-4-10-28(36)17-21-35-18-5-3-6-19-35)16-22-37-30-11-8-9-26(2)32(30)34-31(37)24-38-29-14-12-27(33)13-15-29;;;/h8-9,11-15,25,28H,3-7,10,16-24H2,1-2H3;3*1H/t25-,28?;;;/m1.../s1. The topological polar surface area (TPSA) is 33.5 Å². The van der Waals surface area contributed by atoms with Crippen LogP contribution in [0.4, 0.5) is 0 Å². The fourth-order valence-corrected chi connectivity index (χ4v) is 6.48. The second-order valence-corrected chi connectivity index (χ2v) is 12.0. The predicted octanol–water partition coefficient (Wildman–Crippen LogP) is 8.60. The van der Waals surface area contributed by atoms with Crippen LogP contribution in [0.3, 0.4) is 0 Å². The number of nitrogens with zero attached hydrogens (tertiary/aromatic N) is 4. The van der Waals surface area contributed by atoms with Crippen LogP contribution in [0.15, 0.2) is 42.5 Å². The van der Waals surface area contributed by atoms with Gasteiger partial charge in [-0.15, -0.1) is 37.2 Å². The van der Waals surface area contributed by atoms with Gasteiger partial charge in [0.05, 0.1) is 11.0 Å². The van der Waals surface area contributed by atoms with Crippen molar-refractivity contribution in [3.8, 4) is 5.75 Å². The van der Waals surface area contributed by atoms with Crippen molar-refractivity contribution in [3.05, 3.63) is 58.9 Å². The lowest BCUT2D eigenvalue weighted by Gasteiger charge is -2.39. The van der Waals surface area contributed by atoms with E-state index < -0.39 is 0 Å². The van der Waals surface area contributed by atoms with Crippen molar-refractivity contribution in [1.82, 2.24) is 19.4 Å². The average molecular weight is 647 g/mol. The van der Waals surface area contributed by atoms with E-state index in [2.05, 4.69) is 46.4 Å². The molecule has 5 nitrogen and oxygen atoms in total. The van der Waals surface area contributed by atoms with Crippen LogP contribution < -0.4 is 4.74 Å². The lowest BCUT2D eigenvalue weighted by atomic mass is 9.96. The average Bonchev–Trinajstić information content (AvgIpc) is 3.30. The molecule has 2 saturated heterocycles. The minimum atomic E-state index is 0. The summed E-state index contributed by atoms with van der Waals surface area (Å²) >= 11 is 6.05. The summed E-state index contributed by atoms with van der Waals surface area (Å²) in [5.74, 6) is 2.45. The number of hydrogen-bond acceptors (Lipinski definition) is 4. The number of aryl methyl sites for hydroxylation is 2. The van der Waals surface area contributed by atoms with Gasteiger partial charge in [-0.25, -0.2) is 4.98 Å². The second kappa shape index (κ2) is 17.8. The van der Waals surface area contributed by atoms with Gasteiger partial charge < -0.3 is 19.1 Å². The van der Waals surface area contributed by atoms with E-state index in [0.717, 1.165) is 41.1 Å². The van der Waals surface area contributed by atoms with Gasteiger partial charge in [0.25, 0.3) is 0 Å². The molecule has 0 saturated carbocycles. The summed E-state index contributed by atoms with van der Waals surface area (Å²) in [5, 5.41) is 0.719. The zero-order valence-electron chi connectivity index (χ0n) is 24.6. The van der Waals surface area contributed by atoms with Gasteiger partial charge in [0.2, 0.25) is 0 Å². The summed E-state index contributed by atoms with van der Waals surface area (Å²) in [6.45, 7) is 12.4. The van der Waals surface area contributed by atoms with Crippen LogP contribution in [-0.4, -0.2) is 58.1 Å². The lowest BCUT2D eigenvalue weighted by Crippen LogP contribution is -2.44. The Morgan fingerprint density at radius 1 is 0.927 bits per heavy atom. The van der Waals surface area contributed by atoms with E-state index in [1.54, 1.807) is 0 Å². The third-order valence-electron chi connectivity index (χ3n) is 8.61. The van der Waals surface area contributed by atoms with Crippen LogP contribution in [0.25, 0.3) is 11.0 Å². The third-order valence-corrected chi connectivity index (χ3v) is 8.86. The normalized spacial score (nSPS) is 18.7. The van der Waals surface area contributed by atoms with E-state index in [-0.39, 0.29) is 37.2 Å². The Kier molecular flexibility index (Phi) is 15.6. The highest BCUT2D eigenvalue weighted by Crippen LogP contribution is 2.25. The van der Waals surface area contributed by atoms with Gasteiger partial charge in [-0.05, 0) is 113 Å². The minimum absolute atomic E-state index is 0. The molecule has 41 heavy (non-hydrogen) atoms. The van der Waals surface area contributed by atoms with Crippen molar-refractivity contribution in [3.63, 3.8) is 0 Å². The number of halogens is 4. The molecule has 1 unspecified atom stereocenters. The Balaban J connectivity index is 0.00000196. The van der Waals surface area contributed by atoms with Crippen LogP contribution in [0.2, 0.25) is 5.02 Å². The quantitative estimate of drug-likeness (QED) is 0.209. The maximum atomic E-state index is 6.12. The van der Waals surface area contributed by atoms with Crippen molar-refractivity contribution < 1.29 is 4.74 Å². The van der Waals surface area contributed by atoms with Gasteiger partial charge in [0, 0.05) is 24.2 Å².